The van der Waals surface area contributed by atoms with Gasteiger partial charge >= 0.3 is 0 Å². The summed E-state index contributed by atoms with van der Waals surface area (Å²) in [6.45, 7) is 4.84. The maximum absolute atomic E-state index is 11.6. The second-order valence-corrected chi connectivity index (χ2v) is 5.88. The van der Waals surface area contributed by atoms with E-state index < -0.39 is 0 Å². The molecular weight excluding hydrogens is 248 g/mol. The Morgan fingerprint density at radius 2 is 2.22 bits per heavy atom. The fourth-order valence-corrected chi connectivity index (χ4v) is 2.40. The molecule has 0 spiro atoms. The van der Waals surface area contributed by atoms with Crippen LogP contribution in [0.2, 0.25) is 5.02 Å². The Kier molecular flexibility index (Phi) is 3.71. The molecule has 2 rings (SSSR count). The summed E-state index contributed by atoms with van der Waals surface area (Å²) in [7, 11) is 0. The Morgan fingerprint density at radius 3 is 2.89 bits per heavy atom. The second-order valence-electron chi connectivity index (χ2n) is 5.47. The standard InChI is InChI=1S/C14H17ClN2O/c1-14(2)6-11(5-12(18)7-14)17-8-10-3-4-16-9-13(10)15/h3-5,9,17H,6-8H2,1-2H3. The van der Waals surface area contributed by atoms with E-state index in [0.717, 1.165) is 17.7 Å². The van der Waals surface area contributed by atoms with Crippen LogP contribution in [0.4, 0.5) is 0 Å². The van der Waals surface area contributed by atoms with E-state index in [2.05, 4.69) is 24.1 Å². The average Bonchev–Trinajstić information content (AvgIpc) is 2.25. The molecule has 1 N–H and O–H groups in total. The van der Waals surface area contributed by atoms with Gasteiger partial charge in [0.2, 0.25) is 0 Å². The highest BCUT2D eigenvalue weighted by molar-refractivity contribution is 6.31. The summed E-state index contributed by atoms with van der Waals surface area (Å²) >= 11 is 6.04. The van der Waals surface area contributed by atoms with Crippen molar-refractivity contribution >= 4 is 17.4 Å². The van der Waals surface area contributed by atoms with Gasteiger partial charge in [-0.3, -0.25) is 9.78 Å². The van der Waals surface area contributed by atoms with Crippen LogP contribution in [0, 0.1) is 5.41 Å². The molecule has 96 valence electrons. The molecule has 1 aromatic heterocycles. The Balaban J connectivity index is 2.03. The Hall–Kier alpha value is -1.35. The van der Waals surface area contributed by atoms with Gasteiger partial charge in [-0.05, 0) is 23.5 Å². The van der Waals surface area contributed by atoms with Crippen LogP contribution in [-0.2, 0) is 11.3 Å². The van der Waals surface area contributed by atoms with Gasteiger partial charge < -0.3 is 5.32 Å². The van der Waals surface area contributed by atoms with E-state index in [1.54, 1.807) is 18.5 Å². The molecule has 0 amide bonds. The molecule has 0 bridgehead atoms. The number of carbonyl (C=O) groups excluding carboxylic acids is 1. The van der Waals surface area contributed by atoms with Gasteiger partial charge in [0.15, 0.2) is 5.78 Å². The van der Waals surface area contributed by atoms with Crippen LogP contribution in [0.5, 0.6) is 0 Å². The van der Waals surface area contributed by atoms with Crippen molar-refractivity contribution in [1.82, 2.24) is 10.3 Å². The second kappa shape index (κ2) is 5.11. The van der Waals surface area contributed by atoms with Crippen LogP contribution in [0.15, 0.2) is 30.2 Å². The molecule has 0 atom stereocenters. The maximum atomic E-state index is 11.6. The molecule has 0 saturated carbocycles. The Labute approximate surface area is 112 Å². The van der Waals surface area contributed by atoms with Crippen LogP contribution in [-0.4, -0.2) is 10.8 Å². The molecule has 4 heteroatoms. The number of carbonyl (C=O) groups is 1. The van der Waals surface area contributed by atoms with Crippen molar-refractivity contribution in [3.05, 3.63) is 40.8 Å². The van der Waals surface area contributed by atoms with E-state index in [9.17, 15) is 4.79 Å². The third-order valence-electron chi connectivity index (χ3n) is 3.02. The van der Waals surface area contributed by atoms with Crippen molar-refractivity contribution in [2.24, 2.45) is 5.41 Å². The highest BCUT2D eigenvalue weighted by Gasteiger charge is 2.27. The first-order valence-electron chi connectivity index (χ1n) is 6.02. The minimum absolute atomic E-state index is 0.0379. The number of pyridine rings is 1. The number of hydrogen-bond donors (Lipinski definition) is 1. The number of halogens is 1. The minimum Gasteiger partial charge on any atom is -0.384 e. The molecule has 0 aliphatic heterocycles. The summed E-state index contributed by atoms with van der Waals surface area (Å²) in [6.07, 6.45) is 6.56. The normalized spacial score (nSPS) is 18.4. The van der Waals surface area contributed by atoms with Gasteiger partial charge in [0, 0.05) is 37.1 Å². The highest BCUT2D eigenvalue weighted by atomic mass is 35.5. The summed E-state index contributed by atoms with van der Waals surface area (Å²) in [6, 6.07) is 1.88. The smallest absolute Gasteiger partial charge is 0.157 e. The van der Waals surface area contributed by atoms with Crippen LogP contribution in [0.3, 0.4) is 0 Å². The van der Waals surface area contributed by atoms with Gasteiger partial charge in [0.05, 0.1) is 5.02 Å². The highest BCUT2D eigenvalue weighted by Crippen LogP contribution is 2.32. The molecule has 1 aliphatic carbocycles. The van der Waals surface area contributed by atoms with Gasteiger partial charge in [0.25, 0.3) is 0 Å². The summed E-state index contributed by atoms with van der Waals surface area (Å²) in [5.74, 6) is 0.189. The van der Waals surface area contributed by atoms with Crippen molar-refractivity contribution in [3.8, 4) is 0 Å². The SMILES string of the molecule is CC1(C)CC(=O)C=C(NCc2ccncc2Cl)C1. The molecule has 0 unspecified atom stereocenters. The first-order valence-corrected chi connectivity index (χ1v) is 6.40. The van der Waals surface area contributed by atoms with Gasteiger partial charge in [-0.2, -0.15) is 0 Å². The Bertz CT molecular complexity index is 494. The fourth-order valence-electron chi connectivity index (χ4n) is 2.22. The van der Waals surface area contributed by atoms with E-state index >= 15 is 0 Å². The number of nitrogens with one attached hydrogen (secondary N) is 1. The lowest BCUT2D eigenvalue weighted by Crippen LogP contribution is -2.27. The van der Waals surface area contributed by atoms with Crippen LogP contribution in [0.1, 0.15) is 32.3 Å². The van der Waals surface area contributed by atoms with E-state index in [0.29, 0.717) is 18.0 Å². The largest absolute Gasteiger partial charge is 0.384 e. The molecule has 0 aromatic carbocycles. The number of ketones is 1. The number of allylic oxidation sites excluding steroid dienone is 2. The van der Waals surface area contributed by atoms with Crippen LogP contribution >= 0.6 is 11.6 Å². The van der Waals surface area contributed by atoms with E-state index in [1.165, 1.54) is 0 Å². The monoisotopic (exact) mass is 264 g/mol. The summed E-state index contributed by atoms with van der Waals surface area (Å²) in [5.41, 5.74) is 2.02. The average molecular weight is 265 g/mol. The van der Waals surface area contributed by atoms with E-state index in [4.69, 9.17) is 11.6 Å². The van der Waals surface area contributed by atoms with E-state index in [1.807, 2.05) is 6.07 Å². The summed E-state index contributed by atoms with van der Waals surface area (Å²) in [4.78, 5) is 15.6. The van der Waals surface area contributed by atoms with Gasteiger partial charge in [-0.25, -0.2) is 0 Å². The van der Waals surface area contributed by atoms with E-state index in [-0.39, 0.29) is 11.2 Å². The first kappa shape index (κ1) is 13.1. The number of nitrogens with zero attached hydrogens (tertiary/aromatic N) is 1. The lowest BCUT2D eigenvalue weighted by Gasteiger charge is -2.29. The van der Waals surface area contributed by atoms with Crippen molar-refractivity contribution in [3.63, 3.8) is 0 Å². The minimum atomic E-state index is 0.0379. The molecule has 0 fully saturated rings. The lowest BCUT2D eigenvalue weighted by molar-refractivity contribution is -0.117. The molecule has 18 heavy (non-hydrogen) atoms. The molecule has 3 nitrogen and oxygen atoms in total. The zero-order valence-corrected chi connectivity index (χ0v) is 11.4. The number of aromatic nitrogens is 1. The summed E-state index contributed by atoms with van der Waals surface area (Å²) in [5, 5.41) is 3.94. The van der Waals surface area contributed by atoms with Gasteiger partial charge in [0.1, 0.15) is 0 Å². The maximum Gasteiger partial charge on any atom is 0.157 e. The zero-order chi connectivity index (χ0) is 13.2. The van der Waals surface area contributed by atoms with Crippen LogP contribution < -0.4 is 5.32 Å². The number of hydrogen-bond acceptors (Lipinski definition) is 3. The molecule has 1 heterocycles. The molecule has 1 aromatic rings. The third kappa shape index (κ3) is 3.33. The predicted molar refractivity (Wildman–Crippen MR) is 72.2 cm³/mol. The quantitative estimate of drug-likeness (QED) is 0.912. The van der Waals surface area contributed by atoms with Crippen molar-refractivity contribution < 1.29 is 4.79 Å². The molecule has 1 aliphatic rings. The van der Waals surface area contributed by atoms with Crippen molar-refractivity contribution in [2.75, 3.05) is 0 Å². The van der Waals surface area contributed by atoms with Gasteiger partial charge in [-0.15, -0.1) is 0 Å². The van der Waals surface area contributed by atoms with Crippen molar-refractivity contribution in [2.45, 2.75) is 33.2 Å². The Morgan fingerprint density at radius 1 is 1.44 bits per heavy atom. The fraction of sp³-hybridized carbons (Fsp3) is 0.429. The first-order chi connectivity index (χ1) is 8.46. The topological polar surface area (TPSA) is 42.0 Å². The molecule has 0 radical (unpaired) electrons. The third-order valence-corrected chi connectivity index (χ3v) is 3.36. The molecule has 0 saturated heterocycles. The zero-order valence-electron chi connectivity index (χ0n) is 10.7. The van der Waals surface area contributed by atoms with Crippen LogP contribution in [0.25, 0.3) is 0 Å². The van der Waals surface area contributed by atoms with Gasteiger partial charge in [-0.1, -0.05) is 25.4 Å². The number of rotatable bonds is 3. The molecular formula is C14H17ClN2O. The van der Waals surface area contributed by atoms with Crippen molar-refractivity contribution in [1.29, 1.82) is 0 Å². The predicted octanol–water partition coefficient (Wildman–Crippen LogP) is 3.10. The lowest BCUT2D eigenvalue weighted by atomic mass is 9.79. The summed E-state index contributed by atoms with van der Waals surface area (Å²) < 4.78 is 0.